The van der Waals surface area contributed by atoms with Crippen LogP contribution in [0.3, 0.4) is 0 Å². The Morgan fingerprint density at radius 3 is 3.21 bits per heavy atom. The summed E-state index contributed by atoms with van der Waals surface area (Å²) in [5.41, 5.74) is 2.01. The third-order valence-electron chi connectivity index (χ3n) is 3.27. The fourth-order valence-corrected chi connectivity index (χ4v) is 2.80. The number of hydrogen-bond donors (Lipinski definition) is 3. The van der Waals surface area contributed by atoms with Gasteiger partial charge >= 0.3 is 0 Å². The quantitative estimate of drug-likeness (QED) is 0.693. The number of aromatic amines is 1. The summed E-state index contributed by atoms with van der Waals surface area (Å²) in [6, 6.07) is -0.191. The molecule has 1 aromatic rings. The lowest BCUT2D eigenvalue weighted by Crippen LogP contribution is -2.50. The van der Waals surface area contributed by atoms with Crippen LogP contribution in [-0.2, 0) is 28.6 Å². The number of imidazole rings is 1. The molecule has 2 rings (SSSR count). The van der Waals surface area contributed by atoms with Crippen LogP contribution in [0.25, 0.3) is 0 Å². The molecular weight excluding hydrogens is 264 g/mol. The molecule has 0 aromatic carbocycles. The van der Waals surface area contributed by atoms with Crippen molar-refractivity contribution in [2.45, 2.75) is 38.4 Å². The first kappa shape index (κ1) is 14.2. The summed E-state index contributed by atoms with van der Waals surface area (Å²) < 4.78 is 11.0. The molecule has 0 aliphatic carbocycles. The smallest absolute Gasteiger partial charge is 0.237 e. The van der Waals surface area contributed by atoms with Crippen molar-refractivity contribution in [1.29, 1.82) is 0 Å². The Morgan fingerprint density at radius 1 is 1.68 bits per heavy atom. The predicted octanol–water partition coefficient (Wildman–Crippen LogP) is -0.303. The molecule has 3 unspecified atom stereocenters. The molecule has 19 heavy (non-hydrogen) atoms. The largest absolute Gasteiger partial charge is 0.352 e. The first-order chi connectivity index (χ1) is 9.06. The van der Waals surface area contributed by atoms with Gasteiger partial charge in [-0.1, -0.05) is 0 Å². The third-order valence-corrected chi connectivity index (χ3v) is 4.08. The molecule has 6 nitrogen and oxygen atoms in total. The van der Waals surface area contributed by atoms with E-state index in [-0.39, 0.29) is 18.0 Å². The van der Waals surface area contributed by atoms with Crippen LogP contribution in [0.15, 0.2) is 6.33 Å². The first-order valence-electron chi connectivity index (χ1n) is 6.41. The minimum Gasteiger partial charge on any atom is -0.352 e. The molecule has 1 aliphatic heterocycles. The van der Waals surface area contributed by atoms with Gasteiger partial charge in [-0.15, -0.1) is 0 Å². The van der Waals surface area contributed by atoms with Crippen LogP contribution < -0.4 is 10.6 Å². The van der Waals surface area contributed by atoms with Crippen molar-refractivity contribution in [1.82, 2.24) is 20.6 Å². The Balaban J connectivity index is 1.83. The maximum atomic E-state index is 12.1. The van der Waals surface area contributed by atoms with E-state index in [1.807, 2.05) is 6.92 Å². The van der Waals surface area contributed by atoms with Gasteiger partial charge in [0.15, 0.2) is 0 Å². The van der Waals surface area contributed by atoms with E-state index in [0.29, 0.717) is 18.7 Å². The van der Waals surface area contributed by atoms with Crippen molar-refractivity contribution in [3.8, 4) is 0 Å². The van der Waals surface area contributed by atoms with Gasteiger partial charge in [0.25, 0.3) is 0 Å². The van der Waals surface area contributed by atoms with Crippen LogP contribution in [0.1, 0.15) is 24.7 Å². The summed E-state index contributed by atoms with van der Waals surface area (Å²) in [6.45, 7) is 2.58. The van der Waals surface area contributed by atoms with Gasteiger partial charge in [-0.2, -0.15) is 0 Å². The Hall–Kier alpha value is -1.21. The van der Waals surface area contributed by atoms with E-state index in [4.69, 9.17) is 0 Å². The van der Waals surface area contributed by atoms with Crippen LogP contribution in [0.2, 0.25) is 0 Å². The number of amides is 1. The molecule has 3 atom stereocenters. The van der Waals surface area contributed by atoms with E-state index < -0.39 is 10.8 Å². The zero-order chi connectivity index (χ0) is 13.8. The van der Waals surface area contributed by atoms with Crippen molar-refractivity contribution in [2.75, 3.05) is 12.0 Å². The summed E-state index contributed by atoms with van der Waals surface area (Å²) in [6.07, 6.45) is 4.68. The standard InChI is InChI=1S/C12H20N4O2S/c1-8(3-4-19(2)18)16-12(17)10-5-9-11(6-13-10)15-7-14-9/h7-8,10,13H,3-6H2,1-2H3,(H,14,15)(H,16,17). The van der Waals surface area contributed by atoms with E-state index in [1.54, 1.807) is 12.6 Å². The number of carbonyl (C=O) groups is 1. The number of rotatable bonds is 5. The van der Waals surface area contributed by atoms with Crippen LogP contribution >= 0.6 is 0 Å². The normalized spacial score (nSPS) is 21.5. The van der Waals surface area contributed by atoms with E-state index in [1.165, 1.54) is 0 Å². The molecule has 0 spiro atoms. The topological polar surface area (TPSA) is 86.9 Å². The zero-order valence-corrected chi connectivity index (χ0v) is 12.0. The predicted molar refractivity (Wildman–Crippen MR) is 74.1 cm³/mol. The van der Waals surface area contributed by atoms with Crippen molar-refractivity contribution in [2.24, 2.45) is 0 Å². The molecular formula is C12H20N4O2S. The minimum atomic E-state index is -0.811. The number of H-pyrrole nitrogens is 1. The monoisotopic (exact) mass is 284 g/mol. The van der Waals surface area contributed by atoms with E-state index in [9.17, 15) is 9.00 Å². The summed E-state index contributed by atoms with van der Waals surface area (Å²) in [7, 11) is -0.811. The van der Waals surface area contributed by atoms with Crippen LogP contribution in [-0.4, -0.2) is 44.2 Å². The van der Waals surface area contributed by atoms with Crippen molar-refractivity contribution >= 4 is 16.7 Å². The molecule has 1 aromatic heterocycles. The zero-order valence-electron chi connectivity index (χ0n) is 11.2. The highest BCUT2D eigenvalue weighted by molar-refractivity contribution is 7.84. The van der Waals surface area contributed by atoms with E-state index >= 15 is 0 Å². The van der Waals surface area contributed by atoms with Gasteiger partial charge in [0, 0.05) is 41.8 Å². The van der Waals surface area contributed by atoms with Gasteiger partial charge in [0.1, 0.15) is 0 Å². The second-order valence-corrected chi connectivity index (χ2v) is 6.50. The molecule has 0 bridgehead atoms. The molecule has 7 heteroatoms. The Labute approximate surface area is 115 Å². The van der Waals surface area contributed by atoms with Crippen molar-refractivity contribution < 1.29 is 9.00 Å². The van der Waals surface area contributed by atoms with Gasteiger partial charge < -0.3 is 10.3 Å². The Kier molecular flexibility index (Phi) is 4.71. The molecule has 0 radical (unpaired) electrons. The molecule has 0 fully saturated rings. The number of nitrogens with one attached hydrogen (secondary N) is 3. The second-order valence-electron chi connectivity index (χ2n) is 4.94. The van der Waals surface area contributed by atoms with E-state index in [0.717, 1.165) is 17.8 Å². The third kappa shape index (κ3) is 3.87. The molecule has 1 aliphatic rings. The lowest BCUT2D eigenvalue weighted by atomic mass is 10.0. The number of fused-ring (bicyclic) bond motifs is 1. The van der Waals surface area contributed by atoms with Gasteiger partial charge in [0.05, 0.1) is 23.8 Å². The molecule has 0 saturated carbocycles. The van der Waals surface area contributed by atoms with Gasteiger partial charge in [-0.3, -0.25) is 14.3 Å². The van der Waals surface area contributed by atoms with Crippen molar-refractivity contribution in [3.63, 3.8) is 0 Å². The van der Waals surface area contributed by atoms with Crippen LogP contribution in [0, 0.1) is 0 Å². The van der Waals surface area contributed by atoms with Gasteiger partial charge in [0.2, 0.25) is 5.91 Å². The van der Waals surface area contributed by atoms with Crippen LogP contribution in [0.5, 0.6) is 0 Å². The molecule has 1 amide bonds. The summed E-state index contributed by atoms with van der Waals surface area (Å²) >= 11 is 0. The fraction of sp³-hybridized carbons (Fsp3) is 0.667. The Morgan fingerprint density at radius 2 is 2.47 bits per heavy atom. The molecule has 0 saturated heterocycles. The first-order valence-corrected chi connectivity index (χ1v) is 8.14. The highest BCUT2D eigenvalue weighted by atomic mass is 32.2. The maximum absolute atomic E-state index is 12.1. The van der Waals surface area contributed by atoms with Gasteiger partial charge in [-0.05, 0) is 13.3 Å². The number of aromatic nitrogens is 2. The fourth-order valence-electron chi connectivity index (χ4n) is 2.11. The maximum Gasteiger partial charge on any atom is 0.237 e. The van der Waals surface area contributed by atoms with Crippen molar-refractivity contribution in [3.05, 3.63) is 17.7 Å². The summed E-state index contributed by atoms with van der Waals surface area (Å²) in [5, 5.41) is 6.14. The van der Waals surface area contributed by atoms with E-state index in [2.05, 4.69) is 20.6 Å². The van der Waals surface area contributed by atoms with Gasteiger partial charge in [-0.25, -0.2) is 4.98 Å². The Bertz CT molecular complexity index is 474. The minimum absolute atomic E-state index is 0.0111. The average molecular weight is 284 g/mol. The average Bonchev–Trinajstić information content (AvgIpc) is 2.83. The molecule has 2 heterocycles. The number of carbonyl (C=O) groups excluding carboxylic acids is 1. The lowest BCUT2D eigenvalue weighted by Gasteiger charge is -2.24. The molecule has 106 valence electrons. The summed E-state index contributed by atoms with van der Waals surface area (Å²) in [5.74, 6) is 0.603. The number of nitrogens with zero attached hydrogens (tertiary/aromatic N) is 1. The lowest BCUT2D eigenvalue weighted by molar-refractivity contribution is -0.124. The highest BCUT2D eigenvalue weighted by Gasteiger charge is 2.26. The molecule has 3 N–H and O–H groups in total. The SMILES string of the molecule is CC(CCS(C)=O)NC(=O)C1Cc2nc[nH]c2CN1. The summed E-state index contributed by atoms with van der Waals surface area (Å²) in [4.78, 5) is 19.4. The van der Waals surface area contributed by atoms with Crippen LogP contribution in [0.4, 0.5) is 0 Å². The number of hydrogen-bond acceptors (Lipinski definition) is 4. The second kappa shape index (κ2) is 6.29. The highest BCUT2D eigenvalue weighted by Crippen LogP contribution is 2.12.